The fourth-order valence-corrected chi connectivity index (χ4v) is 3.45. The molecule has 0 N–H and O–H groups in total. The van der Waals surface area contributed by atoms with Crippen LogP contribution in [0.15, 0.2) is 4.52 Å². The maximum atomic E-state index is 12.0. The highest BCUT2D eigenvalue weighted by Crippen LogP contribution is 2.38. The van der Waals surface area contributed by atoms with Gasteiger partial charge in [0.05, 0.1) is 12.5 Å². The van der Waals surface area contributed by atoms with E-state index in [1.807, 2.05) is 0 Å². The second kappa shape index (κ2) is 7.29. The van der Waals surface area contributed by atoms with E-state index in [0.29, 0.717) is 24.3 Å². The molecule has 3 fully saturated rings. The van der Waals surface area contributed by atoms with E-state index in [1.165, 1.54) is 30.8 Å². The minimum atomic E-state index is -0.428. The average molecular weight is 322 g/mol. The van der Waals surface area contributed by atoms with Gasteiger partial charge in [-0.1, -0.05) is 19.8 Å². The maximum absolute atomic E-state index is 12.0. The van der Waals surface area contributed by atoms with Crippen molar-refractivity contribution in [3.63, 3.8) is 0 Å². The van der Waals surface area contributed by atoms with Gasteiger partial charge in [-0.15, -0.1) is 0 Å². The molecule has 1 unspecified atom stereocenters. The van der Waals surface area contributed by atoms with Crippen molar-refractivity contribution in [1.29, 1.82) is 0 Å². The van der Waals surface area contributed by atoms with Crippen molar-refractivity contribution in [2.45, 2.75) is 44.9 Å². The fraction of sp³-hybridized carbons (Fsp3) is 0.812. The van der Waals surface area contributed by atoms with Crippen molar-refractivity contribution in [3.8, 4) is 0 Å². The van der Waals surface area contributed by atoms with Gasteiger partial charge >= 0.3 is 6.09 Å². The number of nitrogens with zero attached hydrogens (tertiary/aromatic N) is 4. The molecule has 0 radical (unpaired) electrons. The van der Waals surface area contributed by atoms with E-state index in [9.17, 15) is 4.79 Å². The Morgan fingerprint density at radius 1 is 1.39 bits per heavy atom. The molecule has 1 aromatic rings. The number of piperidine rings is 3. The molecule has 0 aromatic carbocycles. The Balaban J connectivity index is 1.57. The summed E-state index contributed by atoms with van der Waals surface area (Å²) in [5, 5.41) is 3.96. The number of hydrogen-bond acceptors (Lipinski definition) is 6. The van der Waals surface area contributed by atoms with Crippen LogP contribution in [0.1, 0.15) is 50.8 Å². The highest BCUT2D eigenvalue weighted by atomic mass is 16.6. The molecule has 2 bridgehead atoms. The van der Waals surface area contributed by atoms with E-state index in [2.05, 4.69) is 22.0 Å². The molecule has 0 saturated carbocycles. The molecule has 23 heavy (non-hydrogen) atoms. The Labute approximate surface area is 137 Å². The minimum absolute atomic E-state index is 0.289. The Kier molecular flexibility index (Phi) is 5.15. The molecule has 3 aliphatic rings. The van der Waals surface area contributed by atoms with E-state index in [-0.39, 0.29) is 5.95 Å². The molecular weight excluding hydrogens is 296 g/mol. The molecule has 128 valence electrons. The molecule has 1 aromatic heterocycles. The number of amides is 1. The summed E-state index contributed by atoms with van der Waals surface area (Å²) < 4.78 is 10.7. The normalized spacial score (nSPS) is 26.3. The number of hydrogen-bond donors (Lipinski definition) is 0. The third-order valence-electron chi connectivity index (χ3n) is 4.95. The average Bonchev–Trinajstić information content (AvgIpc) is 3.09. The molecular formula is C16H26N4O3. The van der Waals surface area contributed by atoms with Crippen LogP contribution in [-0.4, -0.2) is 54.4 Å². The zero-order chi connectivity index (χ0) is 16.2. The van der Waals surface area contributed by atoms with Gasteiger partial charge in [-0.2, -0.15) is 4.98 Å². The Morgan fingerprint density at radius 2 is 2.17 bits per heavy atom. The Hall–Kier alpha value is -1.63. The number of ether oxygens (including phenoxy) is 1. The molecule has 3 aliphatic heterocycles. The van der Waals surface area contributed by atoms with Crippen molar-refractivity contribution in [1.82, 2.24) is 15.0 Å². The molecule has 1 atom stereocenters. The Morgan fingerprint density at radius 3 is 2.83 bits per heavy atom. The maximum Gasteiger partial charge on any atom is 0.416 e. The quantitative estimate of drug-likeness (QED) is 0.750. The molecule has 0 spiro atoms. The standard InChI is InChI=1S/C16H26N4O3/c1-3-4-5-10-22-16(21)19(2)15-17-14(23-18-15)13-11-20-8-6-12(13)7-9-20/h12-13H,3-11H2,1-2H3. The SMILES string of the molecule is CCCCCOC(=O)N(C)c1noc(C2CN3CCC2CC3)n1. The van der Waals surface area contributed by atoms with Gasteiger partial charge in [0.1, 0.15) is 0 Å². The first-order valence-electron chi connectivity index (χ1n) is 8.65. The number of anilines is 1. The molecule has 7 nitrogen and oxygen atoms in total. The lowest BCUT2D eigenvalue weighted by atomic mass is 9.79. The molecule has 3 saturated heterocycles. The lowest BCUT2D eigenvalue weighted by molar-refractivity contribution is 0.0727. The minimum Gasteiger partial charge on any atom is -0.449 e. The summed E-state index contributed by atoms with van der Waals surface area (Å²) in [5.74, 6) is 1.87. The molecule has 1 amide bonds. The number of rotatable bonds is 6. The van der Waals surface area contributed by atoms with Crippen LogP contribution >= 0.6 is 0 Å². The summed E-state index contributed by atoms with van der Waals surface area (Å²) >= 11 is 0. The van der Waals surface area contributed by atoms with Crippen molar-refractivity contribution in [2.75, 3.05) is 38.2 Å². The molecule has 4 heterocycles. The van der Waals surface area contributed by atoms with Crippen LogP contribution in [0.4, 0.5) is 10.7 Å². The second-order valence-electron chi connectivity index (χ2n) is 6.56. The van der Waals surface area contributed by atoms with Gasteiger partial charge in [0, 0.05) is 13.6 Å². The number of aromatic nitrogens is 2. The van der Waals surface area contributed by atoms with Crippen molar-refractivity contribution in [2.24, 2.45) is 5.92 Å². The van der Waals surface area contributed by atoms with E-state index < -0.39 is 6.09 Å². The van der Waals surface area contributed by atoms with E-state index in [1.54, 1.807) is 7.05 Å². The number of carbonyl (C=O) groups is 1. The first kappa shape index (κ1) is 16.2. The first-order chi connectivity index (χ1) is 11.2. The Bertz CT molecular complexity index is 525. The van der Waals surface area contributed by atoms with Crippen LogP contribution in [0.5, 0.6) is 0 Å². The summed E-state index contributed by atoms with van der Waals surface area (Å²) in [6.45, 7) is 5.88. The summed E-state index contributed by atoms with van der Waals surface area (Å²) in [7, 11) is 1.62. The lowest BCUT2D eigenvalue weighted by Crippen LogP contribution is -2.46. The third kappa shape index (κ3) is 3.65. The summed E-state index contributed by atoms with van der Waals surface area (Å²) in [6.07, 6.45) is 4.99. The van der Waals surface area contributed by atoms with E-state index in [0.717, 1.165) is 25.8 Å². The first-order valence-corrected chi connectivity index (χ1v) is 8.65. The predicted molar refractivity (Wildman–Crippen MR) is 85.5 cm³/mol. The van der Waals surface area contributed by atoms with Gasteiger partial charge in [0.2, 0.25) is 5.89 Å². The van der Waals surface area contributed by atoms with Gasteiger partial charge in [-0.05, 0) is 43.4 Å². The van der Waals surface area contributed by atoms with Crippen LogP contribution < -0.4 is 4.90 Å². The van der Waals surface area contributed by atoms with Crippen LogP contribution in [0, 0.1) is 5.92 Å². The van der Waals surface area contributed by atoms with Gasteiger partial charge in [0.15, 0.2) is 0 Å². The molecule has 0 aliphatic carbocycles. The number of fused-ring (bicyclic) bond motifs is 3. The zero-order valence-electron chi connectivity index (χ0n) is 14.0. The smallest absolute Gasteiger partial charge is 0.416 e. The van der Waals surface area contributed by atoms with Gasteiger partial charge in [-0.25, -0.2) is 9.69 Å². The van der Waals surface area contributed by atoms with Crippen LogP contribution in [0.3, 0.4) is 0 Å². The van der Waals surface area contributed by atoms with E-state index >= 15 is 0 Å². The van der Waals surface area contributed by atoms with Gasteiger partial charge < -0.3 is 14.2 Å². The predicted octanol–water partition coefficient (Wildman–Crippen LogP) is 2.64. The third-order valence-corrected chi connectivity index (χ3v) is 4.95. The fourth-order valence-electron chi connectivity index (χ4n) is 3.45. The highest BCUT2D eigenvalue weighted by Gasteiger charge is 2.38. The highest BCUT2D eigenvalue weighted by molar-refractivity contribution is 5.84. The van der Waals surface area contributed by atoms with Crippen LogP contribution in [-0.2, 0) is 4.74 Å². The van der Waals surface area contributed by atoms with Gasteiger partial charge in [-0.3, -0.25) is 0 Å². The van der Waals surface area contributed by atoms with Gasteiger partial charge in [0.25, 0.3) is 5.95 Å². The monoisotopic (exact) mass is 322 g/mol. The second-order valence-corrected chi connectivity index (χ2v) is 6.56. The number of unbranched alkanes of at least 4 members (excludes halogenated alkanes) is 2. The largest absolute Gasteiger partial charge is 0.449 e. The van der Waals surface area contributed by atoms with Crippen molar-refractivity contribution < 1.29 is 14.1 Å². The summed E-state index contributed by atoms with van der Waals surface area (Å²) in [6, 6.07) is 0. The number of carbonyl (C=O) groups excluding carboxylic acids is 1. The zero-order valence-corrected chi connectivity index (χ0v) is 14.0. The van der Waals surface area contributed by atoms with Crippen LogP contribution in [0.2, 0.25) is 0 Å². The molecule has 7 heteroatoms. The summed E-state index contributed by atoms with van der Waals surface area (Å²) in [5.41, 5.74) is 0. The molecule has 4 rings (SSSR count). The summed E-state index contributed by atoms with van der Waals surface area (Å²) in [4.78, 5) is 20.2. The van der Waals surface area contributed by atoms with Crippen LogP contribution in [0.25, 0.3) is 0 Å². The lowest BCUT2D eigenvalue weighted by Gasteiger charge is -2.43. The van der Waals surface area contributed by atoms with E-state index in [4.69, 9.17) is 9.26 Å². The van der Waals surface area contributed by atoms with Crippen molar-refractivity contribution in [3.05, 3.63) is 5.89 Å². The van der Waals surface area contributed by atoms with Crippen molar-refractivity contribution >= 4 is 12.0 Å². The topological polar surface area (TPSA) is 71.7 Å².